The average Bonchev–Trinajstić information content (AvgIpc) is 2.51. The maximum Gasteiger partial charge on any atom is 0.306 e. The largest absolute Gasteiger partial charge is 0.465 e. The molecule has 7 nitrogen and oxygen atoms in total. The minimum atomic E-state index is -0.469. The first kappa shape index (κ1) is 19.6. The van der Waals surface area contributed by atoms with E-state index in [0.29, 0.717) is 24.2 Å². The van der Waals surface area contributed by atoms with Crippen LogP contribution in [0, 0.1) is 23.0 Å². The summed E-state index contributed by atoms with van der Waals surface area (Å²) in [4.78, 5) is 33.5. The van der Waals surface area contributed by atoms with Gasteiger partial charge in [-0.2, -0.15) is 0 Å². The summed E-state index contributed by atoms with van der Waals surface area (Å²) in [6, 6.07) is 4.64. The van der Waals surface area contributed by atoms with Crippen LogP contribution in [0.1, 0.15) is 44.2 Å². The molecule has 0 aliphatic rings. The Morgan fingerprint density at radius 2 is 1.79 bits per heavy atom. The van der Waals surface area contributed by atoms with Crippen LogP contribution >= 0.6 is 0 Å². The van der Waals surface area contributed by atoms with E-state index < -0.39 is 10.9 Å². The van der Waals surface area contributed by atoms with Crippen LogP contribution in [0.15, 0.2) is 18.2 Å². The van der Waals surface area contributed by atoms with Crippen LogP contribution in [0.3, 0.4) is 0 Å². The Kier molecular flexibility index (Phi) is 7.88. The van der Waals surface area contributed by atoms with Crippen molar-refractivity contribution in [3.8, 4) is 0 Å². The van der Waals surface area contributed by atoms with Gasteiger partial charge in [0, 0.05) is 24.5 Å². The highest BCUT2D eigenvalue weighted by molar-refractivity contribution is 5.72. The fourth-order valence-corrected chi connectivity index (χ4v) is 1.96. The van der Waals surface area contributed by atoms with Crippen molar-refractivity contribution in [3.05, 3.63) is 39.4 Å². The summed E-state index contributed by atoms with van der Waals surface area (Å²) in [5.74, 6) is -0.499. The van der Waals surface area contributed by atoms with Gasteiger partial charge in [-0.15, -0.1) is 0 Å². The lowest BCUT2D eigenvalue weighted by Crippen LogP contribution is -2.11. The summed E-state index contributed by atoms with van der Waals surface area (Å²) < 4.78 is 10.1. The van der Waals surface area contributed by atoms with Gasteiger partial charge in [-0.05, 0) is 24.8 Å². The second-order valence-electron chi connectivity index (χ2n) is 5.91. The minimum absolute atomic E-state index is 0.00329. The smallest absolute Gasteiger partial charge is 0.306 e. The van der Waals surface area contributed by atoms with Crippen LogP contribution in [0.2, 0.25) is 0 Å². The van der Waals surface area contributed by atoms with Gasteiger partial charge in [0.15, 0.2) is 0 Å². The number of benzene rings is 1. The van der Waals surface area contributed by atoms with Gasteiger partial charge in [0.1, 0.15) is 6.61 Å². The van der Waals surface area contributed by atoms with Crippen LogP contribution in [0.4, 0.5) is 5.69 Å². The predicted molar refractivity (Wildman–Crippen MR) is 87.3 cm³/mol. The molecule has 0 heterocycles. The highest BCUT2D eigenvalue weighted by Gasteiger charge is 2.14. The number of nitro benzene ring substituents is 1. The molecule has 1 rings (SSSR count). The summed E-state index contributed by atoms with van der Waals surface area (Å²) >= 11 is 0. The van der Waals surface area contributed by atoms with E-state index >= 15 is 0 Å². The van der Waals surface area contributed by atoms with E-state index in [9.17, 15) is 19.7 Å². The number of carbonyl (C=O) groups excluding carboxylic acids is 2. The van der Waals surface area contributed by atoms with Crippen molar-refractivity contribution in [2.24, 2.45) is 5.92 Å². The standard InChI is InChI=1S/C17H23NO6/c1-12(2)10-23-16(19)8-5-9-17(20)24-11-14-6-4-7-15(13(14)3)18(21)22/h4,6-7,12H,5,8-11H2,1-3H3. The molecule has 0 unspecified atom stereocenters. The van der Waals surface area contributed by atoms with Gasteiger partial charge >= 0.3 is 11.9 Å². The van der Waals surface area contributed by atoms with E-state index in [1.54, 1.807) is 19.1 Å². The zero-order chi connectivity index (χ0) is 18.1. The Labute approximate surface area is 141 Å². The number of hydrogen-bond donors (Lipinski definition) is 0. The molecule has 0 N–H and O–H groups in total. The molecule has 1 aromatic rings. The molecule has 7 heteroatoms. The zero-order valence-electron chi connectivity index (χ0n) is 14.2. The average molecular weight is 337 g/mol. The molecule has 132 valence electrons. The molecule has 0 atom stereocenters. The van der Waals surface area contributed by atoms with Crippen molar-refractivity contribution in [2.75, 3.05) is 6.61 Å². The van der Waals surface area contributed by atoms with E-state index in [-0.39, 0.29) is 37.0 Å². The summed E-state index contributed by atoms with van der Waals surface area (Å²) in [6.07, 6.45) is 0.617. The first-order valence-electron chi connectivity index (χ1n) is 7.85. The van der Waals surface area contributed by atoms with Gasteiger partial charge in [-0.1, -0.05) is 26.0 Å². The van der Waals surface area contributed by atoms with E-state index in [1.165, 1.54) is 6.07 Å². The molecule has 0 aliphatic heterocycles. The van der Waals surface area contributed by atoms with E-state index in [4.69, 9.17) is 9.47 Å². The molecule has 0 saturated heterocycles. The van der Waals surface area contributed by atoms with Crippen molar-refractivity contribution in [1.82, 2.24) is 0 Å². The van der Waals surface area contributed by atoms with Gasteiger partial charge < -0.3 is 9.47 Å². The van der Waals surface area contributed by atoms with E-state index in [1.807, 2.05) is 13.8 Å². The van der Waals surface area contributed by atoms with Crippen molar-refractivity contribution in [2.45, 2.75) is 46.6 Å². The lowest BCUT2D eigenvalue weighted by Gasteiger charge is -2.08. The van der Waals surface area contributed by atoms with E-state index in [2.05, 4.69) is 0 Å². The molecule has 0 radical (unpaired) electrons. The summed E-state index contributed by atoms with van der Waals surface area (Å²) in [5, 5.41) is 10.9. The molecule has 1 aromatic carbocycles. The normalized spacial score (nSPS) is 10.5. The van der Waals surface area contributed by atoms with Gasteiger partial charge in [-0.25, -0.2) is 0 Å². The topological polar surface area (TPSA) is 95.7 Å². The van der Waals surface area contributed by atoms with Crippen molar-refractivity contribution in [1.29, 1.82) is 0 Å². The van der Waals surface area contributed by atoms with Crippen LogP contribution in [-0.4, -0.2) is 23.5 Å². The molecular weight excluding hydrogens is 314 g/mol. The second-order valence-corrected chi connectivity index (χ2v) is 5.91. The summed E-state index contributed by atoms with van der Waals surface area (Å²) in [6.45, 7) is 5.85. The first-order chi connectivity index (χ1) is 11.3. The lowest BCUT2D eigenvalue weighted by atomic mass is 10.1. The quantitative estimate of drug-likeness (QED) is 0.390. The Morgan fingerprint density at radius 3 is 2.38 bits per heavy atom. The summed E-state index contributed by atoms with van der Waals surface area (Å²) in [7, 11) is 0. The Bertz CT molecular complexity index is 597. The van der Waals surface area contributed by atoms with Gasteiger partial charge in [0.05, 0.1) is 11.5 Å². The third kappa shape index (κ3) is 6.76. The fourth-order valence-electron chi connectivity index (χ4n) is 1.96. The molecule has 0 bridgehead atoms. The highest BCUT2D eigenvalue weighted by atomic mass is 16.6. The highest BCUT2D eigenvalue weighted by Crippen LogP contribution is 2.21. The Morgan fingerprint density at radius 1 is 1.17 bits per heavy atom. The van der Waals surface area contributed by atoms with Crippen LogP contribution in [-0.2, 0) is 25.7 Å². The third-order valence-corrected chi connectivity index (χ3v) is 3.34. The molecule has 0 aliphatic carbocycles. The monoisotopic (exact) mass is 337 g/mol. The molecule has 0 spiro atoms. The molecule has 24 heavy (non-hydrogen) atoms. The molecule has 0 saturated carbocycles. The van der Waals surface area contributed by atoms with E-state index in [0.717, 1.165) is 0 Å². The Balaban J connectivity index is 2.36. The maximum absolute atomic E-state index is 11.7. The van der Waals surface area contributed by atoms with Gasteiger partial charge in [-0.3, -0.25) is 19.7 Å². The summed E-state index contributed by atoms with van der Waals surface area (Å²) in [5.41, 5.74) is 1.07. The minimum Gasteiger partial charge on any atom is -0.465 e. The Hall–Kier alpha value is -2.44. The molecular formula is C17H23NO6. The second kappa shape index (κ2) is 9.64. The third-order valence-electron chi connectivity index (χ3n) is 3.34. The lowest BCUT2D eigenvalue weighted by molar-refractivity contribution is -0.385. The number of ether oxygens (including phenoxy) is 2. The fraction of sp³-hybridized carbons (Fsp3) is 0.529. The van der Waals surface area contributed by atoms with Gasteiger partial charge in [0.25, 0.3) is 5.69 Å². The van der Waals surface area contributed by atoms with Crippen molar-refractivity contribution in [3.63, 3.8) is 0 Å². The number of rotatable bonds is 9. The zero-order valence-corrected chi connectivity index (χ0v) is 14.2. The van der Waals surface area contributed by atoms with Crippen molar-refractivity contribution < 1.29 is 24.0 Å². The van der Waals surface area contributed by atoms with Crippen LogP contribution < -0.4 is 0 Å². The van der Waals surface area contributed by atoms with Crippen LogP contribution in [0.5, 0.6) is 0 Å². The molecule has 0 aromatic heterocycles. The maximum atomic E-state index is 11.7. The van der Waals surface area contributed by atoms with Crippen LogP contribution in [0.25, 0.3) is 0 Å². The number of carbonyl (C=O) groups is 2. The number of nitrogens with zero attached hydrogens (tertiary/aromatic N) is 1. The molecule has 0 fully saturated rings. The SMILES string of the molecule is Cc1c(COC(=O)CCCC(=O)OCC(C)C)cccc1[N+](=O)[O-]. The van der Waals surface area contributed by atoms with Gasteiger partial charge in [0.2, 0.25) is 0 Å². The number of nitro groups is 1. The molecule has 0 amide bonds. The number of hydrogen-bond acceptors (Lipinski definition) is 6. The van der Waals surface area contributed by atoms with Crippen molar-refractivity contribution >= 4 is 17.6 Å². The number of esters is 2. The first-order valence-corrected chi connectivity index (χ1v) is 7.85. The predicted octanol–water partition coefficient (Wildman–Crippen LogP) is 3.32.